The molecule has 28 heavy (non-hydrogen) atoms. The van der Waals surface area contributed by atoms with Crippen molar-refractivity contribution in [2.45, 2.75) is 31.8 Å². The molecule has 8 nitrogen and oxygen atoms in total. The smallest absolute Gasteiger partial charge is 0.338 e. The topological polar surface area (TPSA) is 111 Å². The molecule has 0 atom stereocenters. The van der Waals surface area contributed by atoms with E-state index in [4.69, 9.17) is 9.47 Å². The molecule has 0 unspecified atom stereocenters. The van der Waals surface area contributed by atoms with Crippen molar-refractivity contribution >= 4 is 33.3 Å². The molecule has 0 radical (unpaired) electrons. The molecule has 9 heteroatoms. The van der Waals surface area contributed by atoms with Crippen molar-refractivity contribution in [1.29, 1.82) is 0 Å². The van der Waals surface area contributed by atoms with Crippen molar-refractivity contribution in [1.82, 2.24) is 0 Å². The zero-order chi connectivity index (χ0) is 20.9. The number of hydrogen-bond donors (Lipinski definition) is 2. The lowest BCUT2D eigenvalue weighted by Gasteiger charge is -2.13. The number of rotatable bonds is 7. The molecule has 2 aromatic carbocycles. The second kappa shape index (κ2) is 8.75. The van der Waals surface area contributed by atoms with Crippen LogP contribution in [0.2, 0.25) is 0 Å². The van der Waals surface area contributed by atoms with Gasteiger partial charge >= 0.3 is 5.97 Å². The third-order valence-corrected chi connectivity index (χ3v) is 4.89. The highest BCUT2D eigenvalue weighted by molar-refractivity contribution is 7.92. The van der Waals surface area contributed by atoms with Crippen LogP contribution in [0.4, 0.5) is 11.4 Å². The average Bonchev–Trinajstić information content (AvgIpc) is 2.60. The van der Waals surface area contributed by atoms with Crippen LogP contribution in [0, 0.1) is 0 Å². The Morgan fingerprint density at radius 1 is 1.04 bits per heavy atom. The quantitative estimate of drug-likeness (QED) is 0.684. The van der Waals surface area contributed by atoms with Gasteiger partial charge in [-0.05, 0) is 56.3 Å². The number of hydrogen-bond acceptors (Lipinski definition) is 6. The highest BCUT2D eigenvalue weighted by Crippen LogP contribution is 2.28. The molecule has 0 spiro atoms. The van der Waals surface area contributed by atoms with Gasteiger partial charge in [0, 0.05) is 12.6 Å². The highest BCUT2D eigenvalue weighted by Gasteiger charge is 2.18. The van der Waals surface area contributed by atoms with Crippen LogP contribution in [-0.2, 0) is 19.6 Å². The van der Waals surface area contributed by atoms with E-state index in [0.29, 0.717) is 11.3 Å². The van der Waals surface area contributed by atoms with E-state index in [9.17, 15) is 18.0 Å². The number of carbonyl (C=O) groups is 2. The molecule has 0 heterocycles. The first kappa shape index (κ1) is 21.2. The normalized spacial score (nSPS) is 11.0. The molecule has 0 aliphatic heterocycles. The Balaban J connectivity index is 2.23. The summed E-state index contributed by atoms with van der Waals surface area (Å²) in [6, 6.07) is 9.99. The van der Waals surface area contributed by atoms with Crippen molar-refractivity contribution in [3.8, 4) is 5.75 Å². The van der Waals surface area contributed by atoms with Crippen LogP contribution in [0.15, 0.2) is 47.4 Å². The summed E-state index contributed by atoms with van der Waals surface area (Å²) in [4.78, 5) is 23.1. The molecule has 0 bridgehead atoms. The Kier molecular flexibility index (Phi) is 6.63. The average molecular weight is 406 g/mol. The molecule has 2 N–H and O–H groups in total. The molecule has 0 fully saturated rings. The number of ether oxygens (including phenoxy) is 2. The van der Waals surface area contributed by atoms with Crippen LogP contribution in [0.1, 0.15) is 31.1 Å². The Morgan fingerprint density at radius 2 is 1.68 bits per heavy atom. The number of nitrogens with one attached hydrogen (secondary N) is 2. The molecule has 0 saturated heterocycles. The van der Waals surface area contributed by atoms with Gasteiger partial charge in [0.05, 0.1) is 29.4 Å². The van der Waals surface area contributed by atoms with Gasteiger partial charge in [0.2, 0.25) is 5.91 Å². The monoisotopic (exact) mass is 406 g/mol. The lowest BCUT2D eigenvalue weighted by molar-refractivity contribution is -0.114. The number of sulfonamides is 1. The number of benzene rings is 2. The SMILES string of the molecule is COc1ccc(S(=O)(=O)Nc2ccc(C(=O)OC(C)C)cc2)cc1NC(C)=O. The molecule has 150 valence electrons. The number of carbonyl (C=O) groups excluding carboxylic acids is 2. The minimum atomic E-state index is -3.92. The fraction of sp³-hybridized carbons (Fsp3) is 0.263. The molecule has 0 aromatic heterocycles. The summed E-state index contributed by atoms with van der Waals surface area (Å²) in [6.07, 6.45) is -0.251. The minimum Gasteiger partial charge on any atom is -0.495 e. The maximum atomic E-state index is 12.6. The van der Waals surface area contributed by atoms with Crippen LogP contribution in [0.3, 0.4) is 0 Å². The second-order valence-electron chi connectivity index (χ2n) is 6.18. The van der Waals surface area contributed by atoms with Gasteiger partial charge in [0.1, 0.15) is 5.75 Å². The van der Waals surface area contributed by atoms with E-state index >= 15 is 0 Å². The lowest BCUT2D eigenvalue weighted by atomic mass is 10.2. The van der Waals surface area contributed by atoms with Crippen LogP contribution in [0.5, 0.6) is 5.75 Å². The van der Waals surface area contributed by atoms with E-state index in [-0.39, 0.29) is 28.3 Å². The molecule has 0 aliphatic carbocycles. The van der Waals surface area contributed by atoms with Gasteiger partial charge in [-0.1, -0.05) is 0 Å². The summed E-state index contributed by atoms with van der Waals surface area (Å²) in [5.74, 6) is -0.508. The van der Waals surface area contributed by atoms with Crippen LogP contribution in [-0.4, -0.2) is 33.5 Å². The fourth-order valence-corrected chi connectivity index (χ4v) is 3.40. The van der Waals surface area contributed by atoms with E-state index in [0.717, 1.165) is 0 Å². The summed E-state index contributed by atoms with van der Waals surface area (Å²) < 4.78 is 37.9. The maximum absolute atomic E-state index is 12.6. The third kappa shape index (κ3) is 5.46. The van der Waals surface area contributed by atoms with Gasteiger partial charge in [-0.25, -0.2) is 13.2 Å². The number of esters is 1. The van der Waals surface area contributed by atoms with E-state index in [1.165, 1.54) is 56.5 Å². The van der Waals surface area contributed by atoms with E-state index in [1.54, 1.807) is 13.8 Å². The van der Waals surface area contributed by atoms with E-state index < -0.39 is 16.0 Å². The third-order valence-electron chi connectivity index (χ3n) is 3.51. The zero-order valence-corrected chi connectivity index (χ0v) is 16.8. The van der Waals surface area contributed by atoms with E-state index in [2.05, 4.69) is 10.0 Å². The van der Waals surface area contributed by atoms with Crippen molar-refractivity contribution in [2.24, 2.45) is 0 Å². The zero-order valence-electron chi connectivity index (χ0n) is 16.0. The van der Waals surface area contributed by atoms with Gasteiger partial charge in [-0.2, -0.15) is 0 Å². The number of methoxy groups -OCH3 is 1. The molecule has 0 saturated carbocycles. The Hall–Kier alpha value is -3.07. The molecular formula is C19H22N2O6S. The van der Waals surface area contributed by atoms with Crippen LogP contribution < -0.4 is 14.8 Å². The first-order valence-electron chi connectivity index (χ1n) is 8.42. The van der Waals surface area contributed by atoms with Gasteiger partial charge in [-0.3, -0.25) is 9.52 Å². The molecule has 1 amide bonds. The summed E-state index contributed by atoms with van der Waals surface area (Å²) in [6.45, 7) is 4.79. The summed E-state index contributed by atoms with van der Waals surface area (Å²) in [5, 5.41) is 2.53. The lowest BCUT2D eigenvalue weighted by Crippen LogP contribution is -2.15. The first-order valence-corrected chi connectivity index (χ1v) is 9.90. The van der Waals surface area contributed by atoms with Gasteiger partial charge in [-0.15, -0.1) is 0 Å². The Labute approximate surface area is 163 Å². The Bertz CT molecular complexity index is 968. The summed E-state index contributed by atoms with van der Waals surface area (Å²) >= 11 is 0. The second-order valence-corrected chi connectivity index (χ2v) is 7.86. The minimum absolute atomic E-state index is 0.0552. The predicted octanol–water partition coefficient (Wildman–Crippen LogP) is 3.02. The molecule has 2 aromatic rings. The molecule has 2 rings (SSSR count). The number of anilines is 2. The fourth-order valence-electron chi connectivity index (χ4n) is 2.31. The number of amides is 1. The van der Waals surface area contributed by atoms with Crippen molar-refractivity contribution in [2.75, 3.05) is 17.1 Å². The summed E-state index contributed by atoms with van der Waals surface area (Å²) in [7, 11) is -2.51. The largest absolute Gasteiger partial charge is 0.495 e. The van der Waals surface area contributed by atoms with Gasteiger partial charge in [0.15, 0.2) is 0 Å². The van der Waals surface area contributed by atoms with Crippen molar-refractivity contribution in [3.63, 3.8) is 0 Å². The Morgan fingerprint density at radius 3 is 2.21 bits per heavy atom. The van der Waals surface area contributed by atoms with Crippen LogP contribution in [0.25, 0.3) is 0 Å². The summed E-state index contributed by atoms with van der Waals surface area (Å²) in [5.41, 5.74) is 0.830. The van der Waals surface area contributed by atoms with Gasteiger partial charge < -0.3 is 14.8 Å². The standard InChI is InChI=1S/C19H22N2O6S/c1-12(2)27-19(23)14-5-7-15(8-6-14)21-28(24,25)16-9-10-18(26-4)17(11-16)20-13(3)22/h5-12,21H,1-4H3,(H,20,22). The predicted molar refractivity (Wildman–Crippen MR) is 105 cm³/mol. The van der Waals surface area contributed by atoms with E-state index in [1.807, 2.05) is 0 Å². The molecule has 0 aliphatic rings. The molecular weight excluding hydrogens is 384 g/mol. The van der Waals surface area contributed by atoms with Gasteiger partial charge in [0.25, 0.3) is 10.0 Å². The van der Waals surface area contributed by atoms with Crippen molar-refractivity contribution < 1.29 is 27.5 Å². The van der Waals surface area contributed by atoms with Crippen molar-refractivity contribution in [3.05, 3.63) is 48.0 Å². The first-order chi connectivity index (χ1) is 13.1. The maximum Gasteiger partial charge on any atom is 0.338 e. The highest BCUT2D eigenvalue weighted by atomic mass is 32.2. The van der Waals surface area contributed by atoms with Crippen LogP contribution >= 0.6 is 0 Å².